The van der Waals surface area contributed by atoms with Crippen LogP contribution in [0, 0.1) is 11.3 Å². The van der Waals surface area contributed by atoms with Crippen LogP contribution in [-0.4, -0.2) is 16.0 Å². The molecule has 0 saturated carbocycles. The fourth-order valence-corrected chi connectivity index (χ4v) is 2.44. The Morgan fingerprint density at radius 3 is 2.61 bits per heavy atom. The van der Waals surface area contributed by atoms with E-state index >= 15 is 0 Å². The lowest BCUT2D eigenvalue weighted by molar-refractivity contribution is 0.362. The lowest BCUT2D eigenvalue weighted by atomic mass is 10.0. The molecule has 4 nitrogen and oxygen atoms in total. The molecule has 0 amide bonds. The number of aromatic nitrogens is 1. The van der Waals surface area contributed by atoms with Crippen LogP contribution in [0.3, 0.4) is 0 Å². The molecule has 1 aliphatic heterocycles. The first-order valence-electron chi connectivity index (χ1n) is 4.88. The summed E-state index contributed by atoms with van der Waals surface area (Å²) in [5.41, 5.74) is 0.969. The molecule has 92 valence electrons. The third-order valence-electron chi connectivity index (χ3n) is 2.43. The van der Waals surface area contributed by atoms with Crippen molar-refractivity contribution in [1.82, 2.24) is 9.99 Å². The summed E-state index contributed by atoms with van der Waals surface area (Å²) in [5.74, 6) is 5.65. The summed E-state index contributed by atoms with van der Waals surface area (Å²) in [6, 6.07) is 6.36. The van der Waals surface area contributed by atoms with Crippen molar-refractivity contribution in [3.8, 4) is 6.07 Å². The highest BCUT2D eigenvalue weighted by Gasteiger charge is 2.32. The van der Waals surface area contributed by atoms with Crippen LogP contribution in [0.15, 0.2) is 39.6 Å². The van der Waals surface area contributed by atoms with Crippen LogP contribution < -0.4 is 5.84 Å². The number of nitriles is 1. The van der Waals surface area contributed by atoms with E-state index in [1.54, 1.807) is 24.4 Å². The van der Waals surface area contributed by atoms with E-state index in [1.807, 2.05) is 6.07 Å². The van der Waals surface area contributed by atoms with Crippen molar-refractivity contribution in [2.24, 2.45) is 5.84 Å². The second-order valence-corrected chi connectivity index (χ2v) is 4.62. The SMILES string of the molecule is N#CC1C(Cl)=C(c2ccccn2)C(Cl)=C(Cl)N1N. The number of halogens is 3. The van der Waals surface area contributed by atoms with Crippen LogP contribution in [0.25, 0.3) is 5.57 Å². The number of nitrogens with zero attached hydrogens (tertiary/aromatic N) is 3. The summed E-state index contributed by atoms with van der Waals surface area (Å²) in [7, 11) is 0. The molecular formula is C11H7Cl3N4. The van der Waals surface area contributed by atoms with E-state index in [0.29, 0.717) is 11.3 Å². The Kier molecular flexibility index (Phi) is 3.79. The van der Waals surface area contributed by atoms with Crippen LogP contribution in [0.5, 0.6) is 0 Å². The average Bonchev–Trinajstić information content (AvgIpc) is 2.38. The molecule has 2 rings (SSSR count). The standard InChI is InChI=1S/C11H7Cl3N4/c12-9-7(5-15)18(16)11(14)10(13)8(9)6-3-1-2-4-17-6/h1-4,7H,16H2. The Morgan fingerprint density at radius 1 is 1.33 bits per heavy atom. The van der Waals surface area contributed by atoms with E-state index < -0.39 is 6.04 Å². The van der Waals surface area contributed by atoms with Crippen LogP contribution in [0.2, 0.25) is 0 Å². The smallest absolute Gasteiger partial charge is 0.168 e. The topological polar surface area (TPSA) is 65.9 Å². The highest BCUT2D eigenvalue weighted by atomic mass is 35.5. The van der Waals surface area contributed by atoms with E-state index in [2.05, 4.69) is 4.98 Å². The Balaban J connectivity index is 2.64. The summed E-state index contributed by atoms with van der Waals surface area (Å²) < 4.78 is 0. The maximum absolute atomic E-state index is 9.07. The fourth-order valence-electron chi connectivity index (χ4n) is 1.56. The third kappa shape index (κ3) is 2.06. The van der Waals surface area contributed by atoms with Crippen LogP contribution in [0.4, 0.5) is 0 Å². The maximum Gasteiger partial charge on any atom is 0.168 e. The number of hydrazine groups is 1. The van der Waals surface area contributed by atoms with Crippen molar-refractivity contribution >= 4 is 40.4 Å². The minimum absolute atomic E-state index is 0.0632. The van der Waals surface area contributed by atoms with Crippen LogP contribution in [-0.2, 0) is 0 Å². The molecule has 0 aliphatic carbocycles. The normalized spacial score (nSPS) is 20.2. The molecule has 1 aliphatic rings. The molecule has 2 N–H and O–H groups in total. The summed E-state index contributed by atoms with van der Waals surface area (Å²) in [4.78, 5) is 4.14. The van der Waals surface area contributed by atoms with Gasteiger partial charge in [0, 0.05) is 11.8 Å². The molecule has 0 radical (unpaired) electrons. The molecule has 0 saturated heterocycles. The molecule has 1 aromatic heterocycles. The molecule has 18 heavy (non-hydrogen) atoms. The van der Waals surface area contributed by atoms with Crippen LogP contribution >= 0.6 is 34.8 Å². The molecule has 0 fully saturated rings. The predicted molar refractivity (Wildman–Crippen MR) is 71.2 cm³/mol. The van der Waals surface area contributed by atoms with E-state index in [-0.39, 0.29) is 15.2 Å². The Hall–Kier alpha value is -1.25. The number of allylic oxidation sites excluding steroid dienone is 2. The molecular weight excluding hydrogens is 295 g/mol. The Bertz CT molecular complexity index is 574. The first-order valence-corrected chi connectivity index (χ1v) is 6.01. The van der Waals surface area contributed by atoms with Gasteiger partial charge in [-0.25, -0.2) is 5.84 Å². The summed E-state index contributed by atoms with van der Waals surface area (Å²) in [6.07, 6.45) is 1.60. The van der Waals surface area contributed by atoms with Crippen molar-refractivity contribution < 1.29 is 0 Å². The summed E-state index contributed by atoms with van der Waals surface area (Å²) >= 11 is 18.2. The van der Waals surface area contributed by atoms with Gasteiger partial charge in [-0.15, -0.1) is 0 Å². The van der Waals surface area contributed by atoms with Gasteiger partial charge in [0.1, 0.15) is 5.16 Å². The lowest BCUT2D eigenvalue weighted by Crippen LogP contribution is -2.41. The zero-order valence-electron chi connectivity index (χ0n) is 8.94. The first kappa shape index (κ1) is 13.2. The number of pyridine rings is 1. The molecule has 0 bridgehead atoms. The van der Waals surface area contributed by atoms with Crippen molar-refractivity contribution in [3.63, 3.8) is 0 Å². The minimum atomic E-state index is -0.876. The molecule has 1 atom stereocenters. The quantitative estimate of drug-likeness (QED) is 0.640. The fraction of sp³-hybridized carbons (Fsp3) is 0.0909. The van der Waals surface area contributed by atoms with Gasteiger partial charge in [0.05, 0.1) is 21.8 Å². The van der Waals surface area contributed by atoms with Gasteiger partial charge in [-0.05, 0) is 12.1 Å². The first-order chi connectivity index (χ1) is 8.57. The lowest BCUT2D eigenvalue weighted by Gasteiger charge is -2.29. The van der Waals surface area contributed by atoms with Gasteiger partial charge in [-0.2, -0.15) is 5.26 Å². The van der Waals surface area contributed by atoms with Gasteiger partial charge in [-0.1, -0.05) is 40.9 Å². The molecule has 7 heteroatoms. The number of hydrogen-bond acceptors (Lipinski definition) is 4. The van der Waals surface area contributed by atoms with Gasteiger partial charge in [0.15, 0.2) is 6.04 Å². The highest BCUT2D eigenvalue weighted by Crippen LogP contribution is 2.40. The molecule has 0 aromatic carbocycles. The second kappa shape index (κ2) is 5.17. The zero-order valence-corrected chi connectivity index (χ0v) is 11.2. The number of hydrogen-bond donors (Lipinski definition) is 1. The van der Waals surface area contributed by atoms with Gasteiger partial charge in [0.25, 0.3) is 0 Å². The van der Waals surface area contributed by atoms with Crippen molar-refractivity contribution in [2.45, 2.75) is 6.04 Å². The van der Waals surface area contributed by atoms with E-state index in [0.717, 1.165) is 5.01 Å². The zero-order chi connectivity index (χ0) is 13.3. The minimum Gasteiger partial charge on any atom is -0.276 e. The van der Waals surface area contributed by atoms with Gasteiger partial charge < -0.3 is 0 Å². The van der Waals surface area contributed by atoms with Crippen molar-refractivity contribution in [3.05, 3.63) is 45.3 Å². The maximum atomic E-state index is 9.07. The molecule has 0 spiro atoms. The van der Waals surface area contributed by atoms with Crippen molar-refractivity contribution in [1.29, 1.82) is 5.26 Å². The Morgan fingerprint density at radius 2 is 2.06 bits per heavy atom. The van der Waals surface area contributed by atoms with Gasteiger partial charge >= 0.3 is 0 Å². The Labute approximate surface area is 119 Å². The van der Waals surface area contributed by atoms with Gasteiger partial charge in [-0.3, -0.25) is 9.99 Å². The van der Waals surface area contributed by atoms with E-state index in [1.165, 1.54) is 0 Å². The number of rotatable bonds is 1. The van der Waals surface area contributed by atoms with Gasteiger partial charge in [0.2, 0.25) is 0 Å². The highest BCUT2D eigenvalue weighted by molar-refractivity contribution is 6.47. The average molecular weight is 302 g/mol. The molecule has 2 heterocycles. The predicted octanol–water partition coefficient (Wildman–Crippen LogP) is 2.76. The third-order valence-corrected chi connectivity index (χ3v) is 3.67. The number of nitrogens with two attached hydrogens (primary N) is 1. The second-order valence-electron chi connectivity index (χ2n) is 3.48. The summed E-state index contributed by atoms with van der Waals surface area (Å²) in [5, 5.41) is 10.5. The van der Waals surface area contributed by atoms with Crippen molar-refractivity contribution in [2.75, 3.05) is 0 Å². The monoisotopic (exact) mass is 300 g/mol. The van der Waals surface area contributed by atoms with Crippen LogP contribution in [0.1, 0.15) is 5.69 Å². The molecule has 1 unspecified atom stereocenters. The summed E-state index contributed by atoms with van der Waals surface area (Å²) in [6.45, 7) is 0. The molecule has 1 aromatic rings. The van der Waals surface area contributed by atoms with E-state index in [9.17, 15) is 0 Å². The largest absolute Gasteiger partial charge is 0.276 e. The van der Waals surface area contributed by atoms with E-state index in [4.69, 9.17) is 45.9 Å².